The predicted molar refractivity (Wildman–Crippen MR) is 127 cm³/mol. The highest BCUT2D eigenvalue weighted by Gasteiger charge is 2.24. The van der Waals surface area contributed by atoms with Crippen LogP contribution in [0.15, 0.2) is 47.3 Å². The molecule has 0 aliphatic carbocycles. The largest absolute Gasteiger partial charge is 0.493 e. The Hall–Kier alpha value is -3.39. The molecule has 0 spiro atoms. The van der Waals surface area contributed by atoms with E-state index in [-0.39, 0.29) is 18.0 Å². The summed E-state index contributed by atoms with van der Waals surface area (Å²) >= 11 is 1.55. The standard InChI is InChI=1S/C24H25N3O4S/c1-5-17(23(28)25-13-15-9-8-11-18(30-3)21(15)31-4)27-24(29)20-16-10-6-7-12-19(16)32-22(20)14(2)26-27/h6-12,17H,5,13H2,1-4H3,(H,25,28)/t17-/m0/s1. The number of hydrogen-bond donors (Lipinski definition) is 1. The first-order valence-corrected chi connectivity index (χ1v) is 11.2. The average Bonchev–Trinajstić information content (AvgIpc) is 3.21. The summed E-state index contributed by atoms with van der Waals surface area (Å²) in [5, 5.41) is 8.96. The second-order valence-corrected chi connectivity index (χ2v) is 8.48. The number of benzene rings is 2. The van der Waals surface area contributed by atoms with E-state index >= 15 is 0 Å². The molecule has 2 heterocycles. The van der Waals surface area contributed by atoms with Crippen molar-refractivity contribution in [3.63, 3.8) is 0 Å². The van der Waals surface area contributed by atoms with Crippen LogP contribution in [0.4, 0.5) is 0 Å². The molecule has 0 saturated carbocycles. The van der Waals surface area contributed by atoms with E-state index in [1.54, 1.807) is 31.6 Å². The zero-order chi connectivity index (χ0) is 22.8. The quantitative estimate of drug-likeness (QED) is 0.455. The summed E-state index contributed by atoms with van der Waals surface area (Å²) in [5.41, 5.74) is 1.27. The number of nitrogens with one attached hydrogen (secondary N) is 1. The SMILES string of the molecule is CC[C@@H](C(=O)NCc1cccc(OC)c1OC)n1nc(C)c2sc3ccccc3c2c1=O. The number of aryl methyl sites for hydroxylation is 1. The molecule has 0 unspecified atom stereocenters. The lowest BCUT2D eigenvalue weighted by molar-refractivity contribution is -0.125. The van der Waals surface area contributed by atoms with Crippen molar-refractivity contribution in [2.24, 2.45) is 0 Å². The lowest BCUT2D eigenvalue weighted by atomic mass is 10.1. The van der Waals surface area contributed by atoms with Gasteiger partial charge in [-0.25, -0.2) is 4.68 Å². The summed E-state index contributed by atoms with van der Waals surface area (Å²) in [5.74, 6) is 0.889. The molecule has 1 N–H and O–H groups in total. The first kappa shape index (κ1) is 21.8. The van der Waals surface area contributed by atoms with E-state index < -0.39 is 6.04 Å². The van der Waals surface area contributed by atoms with Gasteiger partial charge in [-0.15, -0.1) is 11.3 Å². The van der Waals surface area contributed by atoms with Gasteiger partial charge >= 0.3 is 0 Å². The fourth-order valence-corrected chi connectivity index (χ4v) is 5.09. The summed E-state index contributed by atoms with van der Waals surface area (Å²) in [7, 11) is 3.13. The monoisotopic (exact) mass is 451 g/mol. The van der Waals surface area contributed by atoms with Crippen molar-refractivity contribution in [2.75, 3.05) is 14.2 Å². The molecule has 2 aromatic heterocycles. The molecule has 4 rings (SSSR count). The molecule has 0 bridgehead atoms. The smallest absolute Gasteiger partial charge is 0.276 e. The minimum Gasteiger partial charge on any atom is -0.493 e. The van der Waals surface area contributed by atoms with Crippen LogP contribution in [0.5, 0.6) is 11.5 Å². The van der Waals surface area contributed by atoms with Crippen LogP contribution in [0.2, 0.25) is 0 Å². The van der Waals surface area contributed by atoms with E-state index in [9.17, 15) is 9.59 Å². The Balaban J connectivity index is 1.68. The fourth-order valence-electron chi connectivity index (χ4n) is 3.95. The highest BCUT2D eigenvalue weighted by molar-refractivity contribution is 7.26. The van der Waals surface area contributed by atoms with E-state index in [1.807, 2.05) is 50.2 Å². The van der Waals surface area contributed by atoms with Crippen molar-refractivity contribution < 1.29 is 14.3 Å². The van der Waals surface area contributed by atoms with Crippen LogP contribution in [0.3, 0.4) is 0 Å². The van der Waals surface area contributed by atoms with E-state index in [1.165, 1.54) is 4.68 Å². The Morgan fingerprint density at radius 3 is 2.66 bits per heavy atom. The minimum absolute atomic E-state index is 0.243. The van der Waals surface area contributed by atoms with Crippen molar-refractivity contribution in [1.82, 2.24) is 15.1 Å². The van der Waals surface area contributed by atoms with Gasteiger partial charge in [-0.05, 0) is 25.5 Å². The number of carbonyl (C=O) groups is 1. The number of ether oxygens (including phenoxy) is 2. The number of rotatable bonds is 7. The van der Waals surface area contributed by atoms with Gasteiger partial charge in [0, 0.05) is 22.2 Å². The lowest BCUT2D eigenvalue weighted by Crippen LogP contribution is -2.38. The molecule has 166 valence electrons. The van der Waals surface area contributed by atoms with Crippen LogP contribution in [0, 0.1) is 6.92 Å². The zero-order valence-electron chi connectivity index (χ0n) is 18.5. The Morgan fingerprint density at radius 2 is 1.94 bits per heavy atom. The van der Waals surface area contributed by atoms with Crippen LogP contribution >= 0.6 is 11.3 Å². The lowest BCUT2D eigenvalue weighted by Gasteiger charge is -2.18. The van der Waals surface area contributed by atoms with Gasteiger partial charge in [0.2, 0.25) is 5.91 Å². The normalized spacial score (nSPS) is 12.1. The number of fused-ring (bicyclic) bond motifs is 3. The van der Waals surface area contributed by atoms with Crippen molar-refractivity contribution in [3.05, 3.63) is 64.1 Å². The van der Waals surface area contributed by atoms with Gasteiger partial charge in [0.05, 0.1) is 30.0 Å². The molecule has 1 atom stereocenters. The molecule has 32 heavy (non-hydrogen) atoms. The van der Waals surface area contributed by atoms with E-state index in [4.69, 9.17) is 9.47 Å². The Morgan fingerprint density at radius 1 is 1.16 bits per heavy atom. The summed E-state index contributed by atoms with van der Waals surface area (Å²) in [6, 6.07) is 12.6. The third-order valence-corrected chi connectivity index (χ3v) is 6.81. The maximum Gasteiger partial charge on any atom is 0.276 e. The van der Waals surface area contributed by atoms with E-state index in [0.29, 0.717) is 23.3 Å². The third kappa shape index (κ3) is 3.71. The van der Waals surface area contributed by atoms with Crippen molar-refractivity contribution in [1.29, 1.82) is 0 Å². The van der Waals surface area contributed by atoms with Crippen LogP contribution < -0.4 is 20.3 Å². The number of para-hydroxylation sites is 1. The number of hydrogen-bond acceptors (Lipinski definition) is 6. The second kappa shape index (κ2) is 9.00. The summed E-state index contributed by atoms with van der Waals surface area (Å²) in [4.78, 5) is 26.5. The number of nitrogens with zero attached hydrogens (tertiary/aromatic N) is 2. The van der Waals surface area contributed by atoms with Gasteiger partial charge in [0.1, 0.15) is 6.04 Å². The average molecular weight is 452 g/mol. The van der Waals surface area contributed by atoms with Crippen LogP contribution in [0.25, 0.3) is 20.2 Å². The number of amides is 1. The van der Waals surface area contributed by atoms with Crippen molar-refractivity contribution >= 4 is 37.4 Å². The fraction of sp³-hybridized carbons (Fsp3) is 0.292. The molecular weight excluding hydrogens is 426 g/mol. The van der Waals surface area contributed by atoms with Crippen molar-refractivity contribution in [3.8, 4) is 11.5 Å². The molecule has 0 radical (unpaired) electrons. The molecule has 1 amide bonds. The van der Waals surface area contributed by atoms with Crippen LogP contribution in [-0.2, 0) is 11.3 Å². The first-order valence-electron chi connectivity index (χ1n) is 10.4. The van der Waals surface area contributed by atoms with Gasteiger partial charge in [-0.2, -0.15) is 5.10 Å². The van der Waals surface area contributed by atoms with E-state index in [0.717, 1.165) is 26.0 Å². The summed E-state index contributed by atoms with van der Waals surface area (Å²) in [6.07, 6.45) is 0.432. The van der Waals surface area contributed by atoms with Crippen LogP contribution in [0.1, 0.15) is 30.6 Å². The van der Waals surface area contributed by atoms with Gasteiger partial charge in [0.25, 0.3) is 5.56 Å². The van der Waals surface area contributed by atoms with Gasteiger partial charge in [-0.1, -0.05) is 37.3 Å². The van der Waals surface area contributed by atoms with Gasteiger partial charge in [0.15, 0.2) is 11.5 Å². The second-order valence-electron chi connectivity index (χ2n) is 7.43. The predicted octanol–water partition coefficient (Wildman–Crippen LogP) is 4.20. The molecule has 8 heteroatoms. The minimum atomic E-state index is -0.721. The number of thiophene rings is 1. The Bertz CT molecular complexity index is 1360. The molecule has 0 saturated heterocycles. The number of methoxy groups -OCH3 is 2. The summed E-state index contributed by atoms with van der Waals surface area (Å²) < 4.78 is 14.0. The third-order valence-electron chi connectivity index (χ3n) is 5.53. The molecule has 4 aromatic rings. The number of aromatic nitrogens is 2. The van der Waals surface area contributed by atoms with Crippen molar-refractivity contribution in [2.45, 2.75) is 32.9 Å². The molecule has 7 nitrogen and oxygen atoms in total. The molecular formula is C24H25N3O4S. The number of carbonyl (C=O) groups excluding carboxylic acids is 1. The molecule has 0 aliphatic heterocycles. The van der Waals surface area contributed by atoms with Gasteiger partial charge < -0.3 is 14.8 Å². The highest BCUT2D eigenvalue weighted by Crippen LogP contribution is 2.33. The Labute approximate surface area is 189 Å². The zero-order valence-corrected chi connectivity index (χ0v) is 19.3. The summed E-state index contributed by atoms with van der Waals surface area (Å²) in [6.45, 7) is 3.99. The van der Waals surface area contributed by atoms with E-state index in [2.05, 4.69) is 10.4 Å². The van der Waals surface area contributed by atoms with Gasteiger partial charge in [-0.3, -0.25) is 9.59 Å². The topological polar surface area (TPSA) is 82.4 Å². The maximum atomic E-state index is 13.4. The molecule has 2 aromatic carbocycles. The Kier molecular flexibility index (Phi) is 6.14. The highest BCUT2D eigenvalue weighted by atomic mass is 32.1. The molecule has 0 aliphatic rings. The maximum absolute atomic E-state index is 13.4. The van der Waals surface area contributed by atoms with Crippen LogP contribution in [-0.4, -0.2) is 29.9 Å². The first-order chi connectivity index (χ1) is 15.5. The molecule has 0 fully saturated rings.